The normalized spacial score (nSPS) is 11.3. The number of ether oxygens (including phenoxy) is 2. The minimum absolute atomic E-state index is 0.242. The lowest BCUT2D eigenvalue weighted by Crippen LogP contribution is -2.30. The molecule has 2 N–H and O–H groups in total. The molecule has 0 fully saturated rings. The fourth-order valence-corrected chi connectivity index (χ4v) is 2.10. The van der Waals surface area contributed by atoms with Crippen molar-refractivity contribution < 1.29 is 19.4 Å². The van der Waals surface area contributed by atoms with Gasteiger partial charge in [-0.05, 0) is 44.0 Å². The second kappa shape index (κ2) is 9.62. The predicted molar refractivity (Wildman–Crippen MR) is 86.8 cm³/mol. The highest BCUT2D eigenvalue weighted by molar-refractivity contribution is 5.90. The maximum absolute atomic E-state index is 11.1. The third-order valence-electron chi connectivity index (χ3n) is 3.14. The molecule has 1 rings (SSSR count). The van der Waals surface area contributed by atoms with Crippen molar-refractivity contribution in [3.8, 4) is 6.07 Å². The second-order valence-corrected chi connectivity index (χ2v) is 4.74. The van der Waals surface area contributed by atoms with Gasteiger partial charge in [-0.25, -0.2) is 4.79 Å². The summed E-state index contributed by atoms with van der Waals surface area (Å²) in [7, 11) is 0. The van der Waals surface area contributed by atoms with E-state index in [-0.39, 0.29) is 5.56 Å². The number of allylic oxidation sites excluding steroid dienone is 1. The summed E-state index contributed by atoms with van der Waals surface area (Å²) in [6.45, 7) is 6.92. The number of carboxylic acid groups (broad SMARTS) is 1. The Bertz CT molecular complexity index is 599. The molecule has 6 heteroatoms. The highest BCUT2D eigenvalue weighted by Crippen LogP contribution is 2.17. The van der Waals surface area contributed by atoms with Gasteiger partial charge in [-0.15, -0.1) is 0 Å². The van der Waals surface area contributed by atoms with Crippen molar-refractivity contribution in [1.29, 1.82) is 5.26 Å². The third kappa shape index (κ3) is 5.74. The maximum atomic E-state index is 11.1. The molecule has 0 heterocycles. The van der Waals surface area contributed by atoms with Crippen LogP contribution in [0.2, 0.25) is 0 Å². The van der Waals surface area contributed by atoms with Crippen LogP contribution in [0.25, 0.3) is 5.70 Å². The summed E-state index contributed by atoms with van der Waals surface area (Å²) in [5.74, 6) is -0.972. The fourth-order valence-electron chi connectivity index (χ4n) is 2.10. The van der Waals surface area contributed by atoms with E-state index in [1.807, 2.05) is 19.9 Å². The number of hydrogen-bond acceptors (Lipinski definition) is 5. The lowest BCUT2D eigenvalue weighted by atomic mass is 10.0. The molecule has 6 nitrogen and oxygen atoms in total. The number of aryl methyl sites for hydroxylation is 1. The maximum Gasteiger partial charge on any atom is 0.335 e. The first-order valence-corrected chi connectivity index (χ1v) is 7.44. The number of aromatic carboxylic acids is 1. The van der Waals surface area contributed by atoms with Crippen LogP contribution in [0.5, 0.6) is 0 Å². The van der Waals surface area contributed by atoms with Crippen molar-refractivity contribution in [1.82, 2.24) is 5.32 Å². The molecule has 124 valence electrons. The number of nitriles is 1. The van der Waals surface area contributed by atoms with Gasteiger partial charge >= 0.3 is 5.97 Å². The number of carbonyl (C=O) groups is 1. The Hall–Kier alpha value is -2.36. The van der Waals surface area contributed by atoms with Gasteiger partial charge in [0.25, 0.3) is 0 Å². The molecule has 0 bridgehead atoms. The first-order valence-electron chi connectivity index (χ1n) is 7.44. The first-order chi connectivity index (χ1) is 11.0. The van der Waals surface area contributed by atoms with Crippen molar-refractivity contribution in [2.24, 2.45) is 0 Å². The summed E-state index contributed by atoms with van der Waals surface area (Å²) in [5.41, 5.74) is 2.20. The average molecular weight is 318 g/mol. The Morgan fingerprint density at radius 3 is 2.52 bits per heavy atom. The summed E-state index contributed by atoms with van der Waals surface area (Å²) >= 11 is 0. The van der Waals surface area contributed by atoms with Crippen LogP contribution in [-0.4, -0.2) is 37.1 Å². The molecule has 0 aliphatic heterocycles. The Labute approximate surface area is 136 Å². The van der Waals surface area contributed by atoms with Gasteiger partial charge in [0, 0.05) is 19.3 Å². The molecule has 0 aliphatic rings. The molecule has 1 aromatic rings. The van der Waals surface area contributed by atoms with E-state index < -0.39 is 12.3 Å². The second-order valence-electron chi connectivity index (χ2n) is 4.74. The number of carboxylic acids is 1. The van der Waals surface area contributed by atoms with Crippen LogP contribution in [0.3, 0.4) is 0 Å². The molecule has 0 saturated carbocycles. The number of rotatable bonds is 9. The average Bonchev–Trinajstić information content (AvgIpc) is 2.51. The molecular weight excluding hydrogens is 296 g/mol. The summed E-state index contributed by atoms with van der Waals surface area (Å²) in [4.78, 5) is 11.1. The predicted octanol–water partition coefficient (Wildman–Crippen LogP) is 2.55. The van der Waals surface area contributed by atoms with Crippen molar-refractivity contribution >= 4 is 11.7 Å². The number of nitrogens with one attached hydrogen (secondary N) is 1. The molecule has 23 heavy (non-hydrogen) atoms. The Morgan fingerprint density at radius 2 is 2.04 bits per heavy atom. The van der Waals surface area contributed by atoms with Crippen molar-refractivity contribution in [3.05, 3.63) is 41.0 Å². The fraction of sp³-hybridized carbons (Fsp3) is 0.412. The van der Waals surface area contributed by atoms with Gasteiger partial charge in [-0.3, -0.25) is 0 Å². The zero-order valence-corrected chi connectivity index (χ0v) is 13.6. The van der Waals surface area contributed by atoms with Gasteiger partial charge in [-0.2, -0.15) is 5.26 Å². The zero-order valence-electron chi connectivity index (χ0n) is 13.6. The highest BCUT2D eigenvalue weighted by Gasteiger charge is 2.12. The number of benzene rings is 1. The minimum Gasteiger partial charge on any atom is -0.478 e. The first kappa shape index (κ1) is 18.7. The van der Waals surface area contributed by atoms with E-state index in [4.69, 9.17) is 19.8 Å². The largest absolute Gasteiger partial charge is 0.478 e. The van der Waals surface area contributed by atoms with Gasteiger partial charge < -0.3 is 19.9 Å². The molecule has 0 aliphatic carbocycles. The Morgan fingerprint density at radius 1 is 1.39 bits per heavy atom. The smallest absolute Gasteiger partial charge is 0.335 e. The number of hydrogen-bond donors (Lipinski definition) is 2. The van der Waals surface area contributed by atoms with Gasteiger partial charge in [0.1, 0.15) is 0 Å². The van der Waals surface area contributed by atoms with Crippen LogP contribution in [0.1, 0.15) is 35.3 Å². The quantitative estimate of drug-likeness (QED) is 0.537. The van der Waals surface area contributed by atoms with E-state index in [9.17, 15) is 4.79 Å². The lowest BCUT2D eigenvalue weighted by Gasteiger charge is -2.19. The van der Waals surface area contributed by atoms with E-state index in [1.165, 1.54) is 12.1 Å². The monoisotopic (exact) mass is 318 g/mol. The molecule has 0 spiro atoms. The van der Waals surface area contributed by atoms with Crippen molar-refractivity contribution in [2.75, 3.05) is 19.8 Å². The molecule has 0 aromatic heterocycles. The molecule has 0 atom stereocenters. The topological polar surface area (TPSA) is 91.6 Å². The van der Waals surface area contributed by atoms with Crippen LogP contribution < -0.4 is 5.32 Å². The lowest BCUT2D eigenvalue weighted by molar-refractivity contribution is -0.131. The minimum atomic E-state index is -0.972. The number of nitrogens with zero attached hydrogens (tertiary/aromatic N) is 1. The third-order valence-corrected chi connectivity index (χ3v) is 3.14. The van der Waals surface area contributed by atoms with Crippen molar-refractivity contribution in [2.45, 2.75) is 27.1 Å². The van der Waals surface area contributed by atoms with Gasteiger partial charge in [-0.1, -0.05) is 6.07 Å². The summed E-state index contributed by atoms with van der Waals surface area (Å²) < 4.78 is 10.9. The standard InChI is InChI=1S/C17H22N2O4/c1-4-22-16(23-5-2)11-19-15(8-9-18)13-6-7-14(17(20)21)12(3)10-13/h6-8,10,16,19H,4-5,11H2,1-3H3,(H,20,21)/b15-8-. The van der Waals surface area contributed by atoms with E-state index in [0.29, 0.717) is 31.0 Å². The summed E-state index contributed by atoms with van der Waals surface area (Å²) in [5, 5.41) is 21.2. The van der Waals surface area contributed by atoms with Crippen LogP contribution >= 0.6 is 0 Å². The molecule has 0 unspecified atom stereocenters. The molecule has 1 aromatic carbocycles. The SMILES string of the molecule is CCOC(CN/C(=C\C#N)c1ccc(C(=O)O)c(C)c1)OCC. The van der Waals surface area contributed by atoms with E-state index >= 15 is 0 Å². The molecule has 0 amide bonds. The molecular formula is C17H22N2O4. The van der Waals surface area contributed by atoms with Gasteiger partial charge in [0.2, 0.25) is 0 Å². The van der Waals surface area contributed by atoms with Crippen LogP contribution in [0, 0.1) is 18.3 Å². The molecule has 0 saturated heterocycles. The summed E-state index contributed by atoms with van der Waals surface area (Å²) in [6.07, 6.45) is 0.968. The Balaban J connectivity index is 2.91. The van der Waals surface area contributed by atoms with Crippen LogP contribution in [-0.2, 0) is 9.47 Å². The van der Waals surface area contributed by atoms with Gasteiger partial charge in [0.15, 0.2) is 6.29 Å². The van der Waals surface area contributed by atoms with Crippen molar-refractivity contribution in [3.63, 3.8) is 0 Å². The van der Waals surface area contributed by atoms with E-state index in [0.717, 1.165) is 5.56 Å². The summed E-state index contributed by atoms with van der Waals surface area (Å²) in [6, 6.07) is 6.92. The highest BCUT2D eigenvalue weighted by atomic mass is 16.7. The Kier molecular flexibility index (Phi) is 7.81. The van der Waals surface area contributed by atoms with E-state index in [2.05, 4.69) is 5.32 Å². The van der Waals surface area contributed by atoms with Crippen LogP contribution in [0.4, 0.5) is 0 Å². The van der Waals surface area contributed by atoms with Crippen LogP contribution in [0.15, 0.2) is 24.3 Å². The van der Waals surface area contributed by atoms with Gasteiger partial charge in [0.05, 0.1) is 23.9 Å². The molecule has 0 radical (unpaired) electrons. The zero-order chi connectivity index (χ0) is 17.2. The van der Waals surface area contributed by atoms with E-state index in [1.54, 1.807) is 19.1 Å².